The molecule has 0 fully saturated rings. The van der Waals surface area contributed by atoms with Crippen molar-refractivity contribution in [2.45, 2.75) is 11.9 Å². The number of rotatable bonds is 3. The molecule has 2 heterocycles. The highest BCUT2D eigenvalue weighted by atomic mass is 32.2. The number of nitrogens with one attached hydrogen (secondary N) is 2. The number of hydrogen-bond donors (Lipinski definition) is 2. The minimum atomic E-state index is -0.157. The molecular formula is C15H14N4OS. The zero-order valence-corrected chi connectivity index (χ0v) is 12.3. The summed E-state index contributed by atoms with van der Waals surface area (Å²) in [6.07, 6.45) is 1.53. The Labute approximate surface area is 126 Å². The highest BCUT2D eigenvalue weighted by Gasteiger charge is 2.13. The van der Waals surface area contributed by atoms with Gasteiger partial charge in [-0.25, -0.2) is 9.97 Å². The molecule has 6 heteroatoms. The lowest BCUT2D eigenvalue weighted by atomic mass is 10.3. The molecule has 0 saturated heterocycles. The van der Waals surface area contributed by atoms with Gasteiger partial charge in [-0.15, -0.1) is 0 Å². The van der Waals surface area contributed by atoms with Crippen molar-refractivity contribution in [2.75, 3.05) is 5.75 Å². The van der Waals surface area contributed by atoms with Gasteiger partial charge in [-0.05, 0) is 19.1 Å². The van der Waals surface area contributed by atoms with E-state index < -0.39 is 0 Å². The fourth-order valence-electron chi connectivity index (χ4n) is 2.04. The van der Waals surface area contributed by atoms with Crippen LogP contribution in [-0.2, 0) is 4.79 Å². The van der Waals surface area contributed by atoms with Crippen LogP contribution in [0.5, 0.6) is 0 Å². The minimum absolute atomic E-state index is 0.157. The van der Waals surface area contributed by atoms with Crippen molar-refractivity contribution in [3.8, 4) is 0 Å². The van der Waals surface area contributed by atoms with E-state index in [2.05, 4.69) is 27.2 Å². The highest BCUT2D eigenvalue weighted by Crippen LogP contribution is 2.23. The van der Waals surface area contributed by atoms with Crippen LogP contribution in [-0.4, -0.2) is 21.6 Å². The Morgan fingerprint density at radius 1 is 1.19 bits per heavy atom. The molecule has 2 aromatic rings. The summed E-state index contributed by atoms with van der Waals surface area (Å²) < 4.78 is 0. The Bertz CT molecular complexity index is 769. The third kappa shape index (κ3) is 3.05. The Morgan fingerprint density at radius 2 is 1.90 bits per heavy atom. The van der Waals surface area contributed by atoms with Crippen molar-refractivity contribution in [3.05, 3.63) is 54.1 Å². The number of nitrogens with zero attached hydrogens (tertiary/aromatic N) is 2. The second-order valence-electron chi connectivity index (χ2n) is 4.65. The SMILES string of the molecule is C=C1NC(=O)C=C(CSc2nc3ccccc3nc2C)N1. The summed E-state index contributed by atoms with van der Waals surface area (Å²) in [5.41, 5.74) is 3.46. The molecule has 0 saturated carbocycles. The predicted molar refractivity (Wildman–Crippen MR) is 83.5 cm³/mol. The van der Waals surface area contributed by atoms with Crippen LogP contribution in [0.4, 0.5) is 0 Å². The second-order valence-corrected chi connectivity index (χ2v) is 5.62. The molecule has 1 amide bonds. The van der Waals surface area contributed by atoms with E-state index in [4.69, 9.17) is 0 Å². The van der Waals surface area contributed by atoms with Crippen molar-refractivity contribution >= 4 is 28.7 Å². The topological polar surface area (TPSA) is 66.9 Å². The molecule has 2 N–H and O–H groups in total. The van der Waals surface area contributed by atoms with E-state index in [-0.39, 0.29) is 5.91 Å². The zero-order valence-electron chi connectivity index (χ0n) is 11.5. The van der Waals surface area contributed by atoms with Crippen LogP contribution in [0.25, 0.3) is 11.0 Å². The number of fused-ring (bicyclic) bond motifs is 1. The monoisotopic (exact) mass is 298 g/mol. The first kappa shape index (κ1) is 13.6. The van der Waals surface area contributed by atoms with E-state index >= 15 is 0 Å². The van der Waals surface area contributed by atoms with E-state index in [0.29, 0.717) is 11.6 Å². The first-order valence-corrected chi connectivity index (χ1v) is 7.44. The summed E-state index contributed by atoms with van der Waals surface area (Å²) in [6.45, 7) is 5.65. The van der Waals surface area contributed by atoms with Gasteiger partial charge in [0.05, 0.1) is 16.7 Å². The van der Waals surface area contributed by atoms with Gasteiger partial charge in [0.15, 0.2) is 0 Å². The summed E-state index contributed by atoms with van der Waals surface area (Å²) in [7, 11) is 0. The van der Waals surface area contributed by atoms with Gasteiger partial charge in [0.2, 0.25) is 0 Å². The highest BCUT2D eigenvalue weighted by molar-refractivity contribution is 7.99. The quantitative estimate of drug-likeness (QED) is 0.850. The Hall–Kier alpha value is -2.34. The average molecular weight is 298 g/mol. The summed E-state index contributed by atoms with van der Waals surface area (Å²) >= 11 is 1.55. The molecule has 1 aromatic carbocycles. The molecule has 3 rings (SSSR count). The summed E-state index contributed by atoms with van der Waals surface area (Å²) in [6, 6.07) is 7.78. The van der Waals surface area contributed by atoms with E-state index in [1.54, 1.807) is 11.8 Å². The summed E-state index contributed by atoms with van der Waals surface area (Å²) in [4.78, 5) is 20.6. The van der Waals surface area contributed by atoms with Crippen LogP contribution in [0.15, 0.2) is 53.5 Å². The van der Waals surface area contributed by atoms with Crippen molar-refractivity contribution in [1.82, 2.24) is 20.6 Å². The van der Waals surface area contributed by atoms with Crippen molar-refractivity contribution in [2.24, 2.45) is 0 Å². The molecule has 1 aliphatic rings. The maximum atomic E-state index is 11.4. The normalized spacial score (nSPS) is 14.6. The molecule has 0 unspecified atom stereocenters. The third-order valence-corrected chi connectivity index (χ3v) is 4.07. The second kappa shape index (κ2) is 5.57. The number of benzene rings is 1. The van der Waals surface area contributed by atoms with Gasteiger partial charge in [0.1, 0.15) is 10.8 Å². The van der Waals surface area contributed by atoms with E-state index in [9.17, 15) is 4.79 Å². The maximum Gasteiger partial charge on any atom is 0.251 e. The van der Waals surface area contributed by atoms with Crippen molar-refractivity contribution in [3.63, 3.8) is 0 Å². The number of thioether (sulfide) groups is 1. The maximum absolute atomic E-state index is 11.4. The van der Waals surface area contributed by atoms with Gasteiger partial charge in [0.25, 0.3) is 5.91 Å². The van der Waals surface area contributed by atoms with Gasteiger partial charge in [-0.2, -0.15) is 0 Å². The number of aryl methyl sites for hydroxylation is 1. The fraction of sp³-hybridized carbons (Fsp3) is 0.133. The molecule has 0 spiro atoms. The zero-order chi connectivity index (χ0) is 14.8. The fourth-order valence-corrected chi connectivity index (χ4v) is 2.90. The molecule has 21 heavy (non-hydrogen) atoms. The van der Waals surface area contributed by atoms with Crippen LogP contribution in [0, 0.1) is 6.92 Å². The molecule has 0 bridgehead atoms. The van der Waals surface area contributed by atoms with Gasteiger partial charge in [-0.1, -0.05) is 30.5 Å². The Morgan fingerprint density at radius 3 is 2.62 bits per heavy atom. The minimum Gasteiger partial charge on any atom is -0.345 e. The van der Waals surface area contributed by atoms with E-state index in [0.717, 1.165) is 27.5 Å². The van der Waals surface area contributed by atoms with E-state index in [1.165, 1.54) is 6.08 Å². The number of amides is 1. The van der Waals surface area contributed by atoms with Gasteiger partial charge >= 0.3 is 0 Å². The number of carbonyl (C=O) groups is 1. The summed E-state index contributed by atoms with van der Waals surface area (Å²) in [5.74, 6) is 0.954. The van der Waals surface area contributed by atoms with Crippen LogP contribution in [0.3, 0.4) is 0 Å². The molecule has 0 aliphatic carbocycles. The number of aromatic nitrogens is 2. The first-order chi connectivity index (χ1) is 10.1. The Balaban J connectivity index is 1.80. The molecule has 0 atom stereocenters. The van der Waals surface area contributed by atoms with Gasteiger partial charge in [0, 0.05) is 17.5 Å². The molecule has 5 nitrogen and oxygen atoms in total. The first-order valence-electron chi connectivity index (χ1n) is 6.45. The number of hydrogen-bond acceptors (Lipinski definition) is 5. The largest absolute Gasteiger partial charge is 0.345 e. The predicted octanol–water partition coefficient (Wildman–Crippen LogP) is 2.10. The van der Waals surface area contributed by atoms with Gasteiger partial charge in [-0.3, -0.25) is 4.79 Å². The Kier molecular flexibility index (Phi) is 3.62. The number of para-hydroxylation sites is 2. The number of carbonyl (C=O) groups excluding carboxylic acids is 1. The molecule has 0 radical (unpaired) electrons. The van der Waals surface area contributed by atoms with Crippen LogP contribution in [0.1, 0.15) is 5.69 Å². The van der Waals surface area contributed by atoms with Crippen LogP contribution >= 0.6 is 11.8 Å². The lowest BCUT2D eigenvalue weighted by molar-refractivity contribution is -0.116. The summed E-state index contributed by atoms with van der Waals surface area (Å²) in [5, 5.41) is 6.49. The van der Waals surface area contributed by atoms with Crippen molar-refractivity contribution < 1.29 is 4.79 Å². The lowest BCUT2D eigenvalue weighted by Gasteiger charge is -2.18. The van der Waals surface area contributed by atoms with Gasteiger partial charge < -0.3 is 10.6 Å². The van der Waals surface area contributed by atoms with E-state index in [1.807, 2.05) is 31.2 Å². The standard InChI is InChI=1S/C15H14N4OS/c1-9-15(19-13-6-4-3-5-12(13)16-9)21-8-11-7-14(20)18-10(2)17-11/h3-7,17H,2,8H2,1H3,(H,18,20). The average Bonchev–Trinajstić information content (AvgIpc) is 2.44. The van der Waals surface area contributed by atoms with Crippen molar-refractivity contribution in [1.29, 1.82) is 0 Å². The smallest absolute Gasteiger partial charge is 0.251 e. The lowest BCUT2D eigenvalue weighted by Crippen LogP contribution is -2.35. The molecular weight excluding hydrogens is 284 g/mol. The molecule has 106 valence electrons. The molecule has 1 aliphatic heterocycles. The van der Waals surface area contributed by atoms with Crippen LogP contribution < -0.4 is 10.6 Å². The molecule has 1 aromatic heterocycles. The third-order valence-electron chi connectivity index (χ3n) is 2.96. The van der Waals surface area contributed by atoms with Crippen LogP contribution in [0.2, 0.25) is 0 Å².